The monoisotopic (exact) mass is 360 g/mol. The van der Waals surface area contributed by atoms with Gasteiger partial charge in [-0.05, 0) is 29.8 Å². The number of esters is 1. The second-order valence-electron chi connectivity index (χ2n) is 6.04. The number of benzene rings is 3. The molecule has 0 bridgehead atoms. The highest BCUT2D eigenvalue weighted by atomic mass is 16.7. The zero-order valence-corrected chi connectivity index (χ0v) is 14.4. The zero-order valence-electron chi connectivity index (χ0n) is 14.4. The van der Waals surface area contributed by atoms with Crippen LogP contribution in [0, 0.1) is 0 Å². The highest BCUT2D eigenvalue weighted by molar-refractivity contribution is 6.09. The lowest BCUT2D eigenvalue weighted by molar-refractivity contribution is 0.0472. The molecule has 3 aromatic carbocycles. The van der Waals surface area contributed by atoms with Crippen molar-refractivity contribution in [3.63, 3.8) is 0 Å². The van der Waals surface area contributed by atoms with E-state index in [0.29, 0.717) is 28.2 Å². The first-order valence-corrected chi connectivity index (χ1v) is 8.46. The fraction of sp³-hybridized carbons (Fsp3) is 0.0909. The van der Waals surface area contributed by atoms with Crippen LogP contribution in [-0.4, -0.2) is 18.5 Å². The first-order chi connectivity index (χ1) is 13.2. The summed E-state index contributed by atoms with van der Waals surface area (Å²) >= 11 is 0. The van der Waals surface area contributed by atoms with Gasteiger partial charge in [0.25, 0.3) is 0 Å². The van der Waals surface area contributed by atoms with Gasteiger partial charge in [0.15, 0.2) is 17.3 Å². The number of carbonyl (C=O) groups excluding carboxylic acids is 2. The quantitative estimate of drug-likeness (QED) is 0.508. The predicted octanol–water partition coefficient (Wildman–Crippen LogP) is 4.00. The molecule has 0 spiro atoms. The lowest BCUT2D eigenvalue weighted by Gasteiger charge is -2.07. The average Bonchev–Trinajstić information content (AvgIpc) is 3.20. The Bertz CT molecular complexity index is 977. The topological polar surface area (TPSA) is 61.8 Å². The van der Waals surface area contributed by atoms with Gasteiger partial charge in [0.1, 0.15) is 6.61 Å². The molecular weight excluding hydrogens is 344 g/mol. The Labute approximate surface area is 156 Å². The molecule has 5 heteroatoms. The van der Waals surface area contributed by atoms with Gasteiger partial charge in [0, 0.05) is 11.1 Å². The largest absolute Gasteiger partial charge is 0.457 e. The molecule has 0 atom stereocenters. The molecule has 0 N–H and O–H groups in total. The van der Waals surface area contributed by atoms with Crippen molar-refractivity contribution in [1.29, 1.82) is 0 Å². The molecule has 0 aliphatic carbocycles. The van der Waals surface area contributed by atoms with Crippen molar-refractivity contribution in [2.24, 2.45) is 0 Å². The minimum atomic E-state index is -0.452. The standard InChI is InChI=1S/C22H16O5/c23-21(16-4-2-1-3-5-16)17-7-9-18(10-8-17)22(24)25-13-15-6-11-19-20(12-15)27-14-26-19/h1-12H,13-14H2. The van der Waals surface area contributed by atoms with E-state index in [4.69, 9.17) is 14.2 Å². The van der Waals surface area contributed by atoms with E-state index in [2.05, 4.69) is 0 Å². The van der Waals surface area contributed by atoms with Crippen molar-refractivity contribution in [1.82, 2.24) is 0 Å². The van der Waals surface area contributed by atoms with Crippen LogP contribution >= 0.6 is 0 Å². The summed E-state index contributed by atoms with van der Waals surface area (Å²) in [5, 5.41) is 0. The number of carbonyl (C=O) groups is 2. The molecule has 5 nitrogen and oxygen atoms in total. The summed E-state index contributed by atoms with van der Waals surface area (Å²) in [6.07, 6.45) is 0. The van der Waals surface area contributed by atoms with E-state index < -0.39 is 5.97 Å². The summed E-state index contributed by atoms with van der Waals surface area (Å²) < 4.78 is 15.9. The SMILES string of the molecule is O=C(OCc1ccc2c(c1)OCO2)c1ccc(C(=O)c2ccccc2)cc1. The first kappa shape index (κ1) is 16.8. The predicted molar refractivity (Wildman–Crippen MR) is 98.0 cm³/mol. The van der Waals surface area contributed by atoms with E-state index in [0.717, 1.165) is 5.56 Å². The van der Waals surface area contributed by atoms with Gasteiger partial charge >= 0.3 is 5.97 Å². The van der Waals surface area contributed by atoms with Crippen LogP contribution in [0.25, 0.3) is 0 Å². The van der Waals surface area contributed by atoms with E-state index in [-0.39, 0.29) is 19.2 Å². The minimum absolute atomic E-state index is 0.0872. The first-order valence-electron chi connectivity index (χ1n) is 8.46. The summed E-state index contributed by atoms with van der Waals surface area (Å²) in [5.41, 5.74) is 2.33. The Morgan fingerprint density at radius 1 is 0.778 bits per heavy atom. The molecule has 0 saturated carbocycles. The number of hydrogen-bond acceptors (Lipinski definition) is 5. The van der Waals surface area contributed by atoms with Gasteiger partial charge in [-0.1, -0.05) is 48.5 Å². The number of rotatable bonds is 5. The van der Waals surface area contributed by atoms with Crippen LogP contribution in [-0.2, 0) is 11.3 Å². The molecule has 0 amide bonds. The summed E-state index contributed by atoms with van der Waals surface area (Å²) in [6.45, 7) is 0.326. The van der Waals surface area contributed by atoms with Crippen LogP contribution in [0.1, 0.15) is 31.8 Å². The van der Waals surface area contributed by atoms with E-state index in [9.17, 15) is 9.59 Å². The third kappa shape index (κ3) is 3.67. The number of ketones is 1. The molecule has 27 heavy (non-hydrogen) atoms. The molecule has 0 aromatic heterocycles. The highest BCUT2D eigenvalue weighted by Gasteiger charge is 2.15. The van der Waals surface area contributed by atoms with Crippen LogP contribution in [0.15, 0.2) is 72.8 Å². The highest BCUT2D eigenvalue weighted by Crippen LogP contribution is 2.32. The Hall–Kier alpha value is -3.60. The van der Waals surface area contributed by atoms with Crippen LogP contribution in [0.2, 0.25) is 0 Å². The summed E-state index contributed by atoms with van der Waals surface area (Å²) in [6, 6.07) is 20.9. The summed E-state index contributed by atoms with van der Waals surface area (Å²) in [4.78, 5) is 24.6. The van der Waals surface area contributed by atoms with Gasteiger partial charge in [-0.25, -0.2) is 4.79 Å². The van der Waals surface area contributed by atoms with Gasteiger partial charge in [-0.3, -0.25) is 4.79 Å². The minimum Gasteiger partial charge on any atom is -0.457 e. The molecule has 134 valence electrons. The molecule has 4 rings (SSSR count). The molecule has 0 saturated heterocycles. The molecule has 1 heterocycles. The van der Waals surface area contributed by atoms with E-state index in [1.54, 1.807) is 48.5 Å². The summed E-state index contributed by atoms with van der Waals surface area (Å²) in [7, 11) is 0. The van der Waals surface area contributed by atoms with E-state index >= 15 is 0 Å². The molecule has 3 aromatic rings. The third-order valence-electron chi connectivity index (χ3n) is 4.23. The second-order valence-corrected chi connectivity index (χ2v) is 6.04. The van der Waals surface area contributed by atoms with Crippen molar-refractivity contribution < 1.29 is 23.8 Å². The molecule has 0 fully saturated rings. The van der Waals surface area contributed by atoms with Crippen LogP contribution < -0.4 is 9.47 Å². The smallest absolute Gasteiger partial charge is 0.338 e. The lowest BCUT2D eigenvalue weighted by Crippen LogP contribution is -2.06. The van der Waals surface area contributed by atoms with E-state index in [1.807, 2.05) is 24.3 Å². The van der Waals surface area contributed by atoms with E-state index in [1.165, 1.54) is 0 Å². The van der Waals surface area contributed by atoms with Gasteiger partial charge in [0.05, 0.1) is 5.56 Å². The van der Waals surface area contributed by atoms with Gasteiger partial charge < -0.3 is 14.2 Å². The van der Waals surface area contributed by atoms with Crippen LogP contribution in [0.4, 0.5) is 0 Å². The zero-order chi connectivity index (χ0) is 18.6. The number of hydrogen-bond donors (Lipinski definition) is 0. The fourth-order valence-electron chi connectivity index (χ4n) is 2.78. The van der Waals surface area contributed by atoms with Gasteiger partial charge in [-0.2, -0.15) is 0 Å². The fourth-order valence-corrected chi connectivity index (χ4v) is 2.78. The van der Waals surface area contributed by atoms with Crippen molar-refractivity contribution in [2.45, 2.75) is 6.61 Å². The van der Waals surface area contributed by atoms with Crippen LogP contribution in [0.3, 0.4) is 0 Å². The van der Waals surface area contributed by atoms with Gasteiger partial charge in [0.2, 0.25) is 6.79 Å². The maximum atomic E-state index is 12.4. The Morgan fingerprint density at radius 3 is 2.22 bits per heavy atom. The number of fused-ring (bicyclic) bond motifs is 1. The Morgan fingerprint density at radius 2 is 1.44 bits per heavy atom. The lowest BCUT2D eigenvalue weighted by atomic mass is 10.0. The molecule has 1 aliphatic heterocycles. The van der Waals surface area contributed by atoms with Gasteiger partial charge in [-0.15, -0.1) is 0 Å². The van der Waals surface area contributed by atoms with Crippen LogP contribution in [0.5, 0.6) is 11.5 Å². The second kappa shape index (κ2) is 7.33. The molecular formula is C22H16O5. The normalized spacial score (nSPS) is 11.9. The van der Waals surface area contributed by atoms with Crippen molar-refractivity contribution in [2.75, 3.05) is 6.79 Å². The maximum absolute atomic E-state index is 12.4. The number of ether oxygens (including phenoxy) is 3. The molecule has 0 radical (unpaired) electrons. The van der Waals surface area contributed by atoms with Crippen molar-refractivity contribution in [3.05, 3.63) is 95.1 Å². The summed E-state index contributed by atoms with van der Waals surface area (Å²) in [5.74, 6) is 0.790. The van der Waals surface area contributed by atoms with Crippen molar-refractivity contribution in [3.8, 4) is 11.5 Å². The van der Waals surface area contributed by atoms with Crippen molar-refractivity contribution >= 4 is 11.8 Å². The average molecular weight is 360 g/mol. The molecule has 1 aliphatic rings. The molecule has 0 unspecified atom stereocenters. The maximum Gasteiger partial charge on any atom is 0.338 e. The Kier molecular flexibility index (Phi) is 4.58. The Balaban J connectivity index is 1.40. The third-order valence-corrected chi connectivity index (χ3v) is 4.23.